The van der Waals surface area contributed by atoms with Crippen molar-refractivity contribution in [1.29, 1.82) is 0 Å². The molecule has 34 heavy (non-hydrogen) atoms. The smallest absolute Gasteiger partial charge is 0.339 e. The molecule has 0 saturated heterocycles. The van der Waals surface area contributed by atoms with E-state index >= 15 is 0 Å². The Kier molecular flexibility index (Phi) is 6.99. The summed E-state index contributed by atoms with van der Waals surface area (Å²) in [6.45, 7) is 0.909. The van der Waals surface area contributed by atoms with Gasteiger partial charge in [-0.15, -0.1) is 0 Å². The van der Waals surface area contributed by atoms with Crippen molar-refractivity contribution in [3.8, 4) is 17.2 Å². The van der Waals surface area contributed by atoms with Gasteiger partial charge in [0, 0.05) is 25.8 Å². The number of hydrogen-bond acceptors (Lipinski definition) is 7. The molecule has 3 aromatic rings. The Balaban J connectivity index is 1.52. The summed E-state index contributed by atoms with van der Waals surface area (Å²) < 4.78 is 59.2. The van der Waals surface area contributed by atoms with Crippen LogP contribution in [0.4, 0.5) is 4.39 Å². The Hall–Kier alpha value is -3.63. The highest BCUT2D eigenvalue weighted by atomic mass is 32.2. The second kappa shape index (κ2) is 10.1. The number of carbonyl (C=O) groups is 1. The van der Waals surface area contributed by atoms with Crippen molar-refractivity contribution in [2.75, 3.05) is 27.1 Å². The van der Waals surface area contributed by atoms with Crippen LogP contribution in [0.5, 0.6) is 17.2 Å². The zero-order valence-corrected chi connectivity index (χ0v) is 19.1. The van der Waals surface area contributed by atoms with E-state index in [0.29, 0.717) is 35.8 Å². The molecule has 0 radical (unpaired) electrons. The highest BCUT2D eigenvalue weighted by Crippen LogP contribution is 2.33. The van der Waals surface area contributed by atoms with Gasteiger partial charge in [-0.25, -0.2) is 4.39 Å². The monoisotopic (exact) mass is 487 g/mol. The van der Waals surface area contributed by atoms with E-state index in [1.54, 1.807) is 35.2 Å². The van der Waals surface area contributed by atoms with Crippen LogP contribution < -0.4 is 13.7 Å². The minimum Gasteiger partial charge on any atom is -0.454 e. The third-order valence-electron chi connectivity index (χ3n) is 5.05. The van der Waals surface area contributed by atoms with Crippen molar-refractivity contribution in [2.45, 2.75) is 11.4 Å². The molecule has 4 rings (SSSR count). The van der Waals surface area contributed by atoms with E-state index in [-0.39, 0.29) is 29.9 Å². The van der Waals surface area contributed by atoms with Crippen molar-refractivity contribution < 1.29 is 36.0 Å². The summed E-state index contributed by atoms with van der Waals surface area (Å²) >= 11 is 0. The Morgan fingerprint density at radius 3 is 2.56 bits per heavy atom. The number of nitrogens with zero attached hydrogens (tertiary/aromatic N) is 1. The molecule has 0 N–H and O–H groups in total. The van der Waals surface area contributed by atoms with E-state index in [4.69, 9.17) is 18.4 Å². The molecule has 10 heteroatoms. The lowest BCUT2D eigenvalue weighted by Crippen LogP contribution is -2.33. The summed E-state index contributed by atoms with van der Waals surface area (Å²) in [5, 5.41) is 0. The van der Waals surface area contributed by atoms with Gasteiger partial charge in [0.25, 0.3) is 5.91 Å². The highest BCUT2D eigenvalue weighted by molar-refractivity contribution is 7.87. The van der Waals surface area contributed by atoms with Crippen LogP contribution in [0.3, 0.4) is 0 Å². The van der Waals surface area contributed by atoms with Crippen LogP contribution in [-0.2, 0) is 21.4 Å². The zero-order valence-electron chi connectivity index (χ0n) is 18.3. The Labute approximate surface area is 196 Å². The number of carbonyl (C=O) groups excluding carboxylic acids is 1. The third kappa shape index (κ3) is 5.46. The van der Waals surface area contributed by atoms with Crippen LogP contribution >= 0.6 is 0 Å². The normalized spacial score (nSPS) is 12.4. The second-order valence-corrected chi connectivity index (χ2v) is 8.97. The van der Waals surface area contributed by atoms with E-state index in [2.05, 4.69) is 0 Å². The molecule has 3 aromatic carbocycles. The number of fused-ring (bicyclic) bond motifs is 1. The number of amides is 1. The molecule has 0 aromatic heterocycles. The highest BCUT2D eigenvalue weighted by Gasteiger charge is 2.21. The van der Waals surface area contributed by atoms with Crippen LogP contribution in [0.2, 0.25) is 0 Å². The minimum atomic E-state index is -4.15. The summed E-state index contributed by atoms with van der Waals surface area (Å²) in [7, 11) is -2.61. The number of rotatable bonds is 9. The van der Waals surface area contributed by atoms with Gasteiger partial charge in [-0.1, -0.05) is 12.1 Å². The first-order valence-corrected chi connectivity index (χ1v) is 11.7. The van der Waals surface area contributed by atoms with Crippen molar-refractivity contribution in [1.82, 2.24) is 4.90 Å². The maximum absolute atomic E-state index is 13.2. The van der Waals surface area contributed by atoms with E-state index in [1.165, 1.54) is 19.2 Å². The molecule has 0 atom stereocenters. The van der Waals surface area contributed by atoms with E-state index in [9.17, 15) is 17.6 Å². The van der Waals surface area contributed by atoms with Crippen LogP contribution in [0.25, 0.3) is 0 Å². The largest absolute Gasteiger partial charge is 0.454 e. The van der Waals surface area contributed by atoms with Gasteiger partial charge in [0.05, 0.1) is 6.61 Å². The average molecular weight is 488 g/mol. The summed E-state index contributed by atoms with van der Waals surface area (Å²) in [4.78, 5) is 14.6. The van der Waals surface area contributed by atoms with E-state index in [1.807, 2.05) is 0 Å². The van der Waals surface area contributed by atoms with Gasteiger partial charge >= 0.3 is 10.1 Å². The lowest BCUT2D eigenvalue weighted by Gasteiger charge is -2.23. The fraction of sp³-hybridized carbons (Fsp3) is 0.208. The Bertz CT molecular complexity index is 1280. The van der Waals surface area contributed by atoms with Crippen molar-refractivity contribution in [3.05, 3.63) is 83.7 Å². The van der Waals surface area contributed by atoms with Crippen molar-refractivity contribution in [3.63, 3.8) is 0 Å². The summed E-state index contributed by atoms with van der Waals surface area (Å²) in [6.07, 6.45) is 0. The van der Waals surface area contributed by atoms with Gasteiger partial charge in [-0.3, -0.25) is 4.79 Å². The molecule has 178 valence electrons. The molecule has 0 fully saturated rings. The zero-order chi connectivity index (χ0) is 24.1. The molecule has 8 nitrogen and oxygen atoms in total. The van der Waals surface area contributed by atoms with E-state index < -0.39 is 15.9 Å². The quantitative estimate of drug-likeness (QED) is 0.426. The number of halogens is 1. The summed E-state index contributed by atoms with van der Waals surface area (Å²) in [6, 6.07) is 15.7. The maximum atomic E-state index is 13.2. The van der Waals surface area contributed by atoms with Crippen LogP contribution in [0, 0.1) is 5.82 Å². The molecule has 0 unspecified atom stereocenters. The Morgan fingerprint density at radius 1 is 1.03 bits per heavy atom. The standard InChI is InChI=1S/C24H22FNO7S/c1-30-12-11-26(24(27)18-5-10-22-23(14-18)32-16-31-22)15-17-3-2-4-20(13-17)33-34(28,29)21-8-6-19(25)7-9-21/h2-10,13-14H,11-12,15-16H2,1H3. The average Bonchev–Trinajstić information content (AvgIpc) is 3.29. The molecule has 1 heterocycles. The van der Waals surface area contributed by atoms with Crippen molar-refractivity contribution in [2.24, 2.45) is 0 Å². The number of benzene rings is 3. The fourth-order valence-corrected chi connectivity index (χ4v) is 4.28. The van der Waals surface area contributed by atoms with Gasteiger partial charge in [-0.05, 0) is 60.2 Å². The maximum Gasteiger partial charge on any atom is 0.339 e. The summed E-state index contributed by atoms with van der Waals surface area (Å²) in [5.41, 5.74) is 1.07. The molecule has 1 aliphatic heterocycles. The molecule has 0 saturated carbocycles. The van der Waals surface area contributed by atoms with Crippen LogP contribution in [0.1, 0.15) is 15.9 Å². The van der Waals surface area contributed by atoms with Gasteiger partial charge in [0.2, 0.25) is 6.79 Å². The molecular formula is C24H22FNO7S. The van der Waals surface area contributed by atoms with Gasteiger partial charge in [0.15, 0.2) is 11.5 Å². The van der Waals surface area contributed by atoms with Crippen LogP contribution in [-0.4, -0.2) is 46.3 Å². The molecule has 0 spiro atoms. The molecule has 1 amide bonds. The second-order valence-electron chi connectivity index (χ2n) is 7.43. The molecule has 0 aliphatic carbocycles. The molecular weight excluding hydrogens is 465 g/mol. The SMILES string of the molecule is COCCN(Cc1cccc(OS(=O)(=O)c2ccc(F)cc2)c1)C(=O)c1ccc2c(c1)OCO2. The third-order valence-corrected chi connectivity index (χ3v) is 6.31. The Morgan fingerprint density at radius 2 is 1.79 bits per heavy atom. The van der Waals surface area contributed by atoms with E-state index in [0.717, 1.165) is 24.3 Å². The summed E-state index contributed by atoms with van der Waals surface area (Å²) in [5.74, 6) is 0.347. The van der Waals surface area contributed by atoms with Gasteiger partial charge in [0.1, 0.15) is 16.5 Å². The lowest BCUT2D eigenvalue weighted by atomic mass is 10.1. The van der Waals surface area contributed by atoms with Crippen LogP contribution in [0.15, 0.2) is 71.6 Å². The fourth-order valence-electron chi connectivity index (χ4n) is 3.36. The first kappa shape index (κ1) is 23.5. The number of methoxy groups -OCH3 is 1. The van der Waals surface area contributed by atoms with Crippen molar-refractivity contribution >= 4 is 16.0 Å². The minimum absolute atomic E-state index is 0.0732. The lowest BCUT2D eigenvalue weighted by molar-refractivity contribution is 0.0680. The first-order chi connectivity index (χ1) is 16.4. The number of hydrogen-bond donors (Lipinski definition) is 0. The number of ether oxygens (including phenoxy) is 3. The predicted molar refractivity (Wildman–Crippen MR) is 120 cm³/mol. The van der Waals surface area contributed by atoms with Gasteiger partial charge in [-0.2, -0.15) is 8.42 Å². The predicted octanol–water partition coefficient (Wildman–Crippen LogP) is 3.61. The molecule has 1 aliphatic rings. The topological polar surface area (TPSA) is 91.4 Å². The molecule has 0 bridgehead atoms. The first-order valence-electron chi connectivity index (χ1n) is 10.3. The van der Waals surface area contributed by atoms with Gasteiger partial charge < -0.3 is 23.3 Å².